The number of carbonyl (C=O) groups excluding carboxylic acids is 6. The largest absolute Gasteiger partial charge is 0.435 e. The van der Waals surface area contributed by atoms with Crippen LogP contribution < -0.4 is 0 Å². The van der Waals surface area contributed by atoms with Gasteiger partial charge in [0.15, 0.2) is 0 Å². The summed E-state index contributed by atoms with van der Waals surface area (Å²) >= 11 is 0. The lowest BCUT2D eigenvalue weighted by Gasteiger charge is -2.19. The number of esters is 4. The monoisotopic (exact) mass is 981 g/mol. The maximum Gasteiger partial charge on any atom is 0.313 e. The van der Waals surface area contributed by atoms with Crippen molar-refractivity contribution in [1.29, 1.82) is 0 Å². The van der Waals surface area contributed by atoms with Gasteiger partial charge in [0.1, 0.15) is 11.6 Å². The summed E-state index contributed by atoms with van der Waals surface area (Å²) in [7, 11) is 0. The summed E-state index contributed by atoms with van der Waals surface area (Å²) in [4.78, 5) is 67.1. The van der Waals surface area contributed by atoms with Crippen LogP contribution in [0.25, 0.3) is 0 Å². The molecular formula is C60H100O10. The van der Waals surface area contributed by atoms with Crippen molar-refractivity contribution >= 4 is 35.4 Å². The molecule has 0 spiro atoms. The summed E-state index contributed by atoms with van der Waals surface area (Å²) in [6, 6.07) is 0. The molecule has 0 amide bonds. The van der Waals surface area contributed by atoms with Gasteiger partial charge in [-0.05, 0) is 87.4 Å². The van der Waals surface area contributed by atoms with Crippen LogP contribution in [0.5, 0.6) is 0 Å². The molecule has 0 aromatic rings. The second-order valence-electron chi connectivity index (χ2n) is 19.6. The third-order valence-corrected chi connectivity index (χ3v) is 13.3. The van der Waals surface area contributed by atoms with E-state index >= 15 is 0 Å². The summed E-state index contributed by atoms with van der Waals surface area (Å²) in [6.45, 7) is 33.5. The molecule has 0 saturated heterocycles. The van der Waals surface area contributed by atoms with Crippen LogP contribution in [0.1, 0.15) is 210 Å². The molecule has 4 rings (SSSR count). The van der Waals surface area contributed by atoms with Gasteiger partial charge < -0.3 is 18.9 Å². The van der Waals surface area contributed by atoms with Crippen molar-refractivity contribution < 1.29 is 47.7 Å². The Balaban J connectivity index is 0. The molecule has 10 heteroatoms. The highest BCUT2D eigenvalue weighted by Crippen LogP contribution is 2.45. The zero-order chi connectivity index (χ0) is 53.3. The third-order valence-electron chi connectivity index (χ3n) is 13.3. The number of rotatable bonds is 28. The Morgan fingerprint density at radius 1 is 0.471 bits per heavy atom. The quantitative estimate of drug-likeness (QED) is 0.0245. The first-order chi connectivity index (χ1) is 33.5. The number of allylic oxidation sites excluding steroid dienone is 4. The molecule has 0 heterocycles. The van der Waals surface area contributed by atoms with Crippen LogP contribution in [0.4, 0.5) is 0 Å². The number of ketones is 2. The van der Waals surface area contributed by atoms with E-state index in [1.807, 2.05) is 41.5 Å². The second-order valence-corrected chi connectivity index (χ2v) is 19.6. The molecule has 4 bridgehead atoms. The third kappa shape index (κ3) is 31.8. The van der Waals surface area contributed by atoms with E-state index in [-0.39, 0.29) is 41.6 Å². The normalized spacial score (nSPS) is 20.9. The lowest BCUT2D eigenvalue weighted by molar-refractivity contribution is -0.143. The molecule has 0 aromatic heterocycles. The van der Waals surface area contributed by atoms with Crippen LogP contribution in [0, 0.1) is 59.2 Å². The predicted molar refractivity (Wildman–Crippen MR) is 287 cm³/mol. The van der Waals surface area contributed by atoms with Gasteiger partial charge in [-0.1, -0.05) is 184 Å². The molecule has 0 N–H and O–H groups in total. The molecule has 10 nitrogen and oxygen atoms in total. The van der Waals surface area contributed by atoms with Gasteiger partial charge in [-0.15, -0.1) is 0 Å². The average molecular weight is 981 g/mol. The van der Waals surface area contributed by atoms with E-state index in [1.54, 1.807) is 0 Å². The lowest BCUT2D eigenvalue weighted by atomic mass is 9.85. The Hall–Kier alpha value is -4.34. The van der Waals surface area contributed by atoms with Crippen LogP contribution in [0.15, 0.2) is 75.7 Å². The molecule has 0 aliphatic heterocycles. The Morgan fingerprint density at radius 2 is 0.914 bits per heavy atom. The lowest BCUT2D eigenvalue weighted by Crippen LogP contribution is -2.20. The Labute approximate surface area is 427 Å². The summed E-state index contributed by atoms with van der Waals surface area (Å²) in [5.74, 6) is 4.36. The Bertz CT molecular complexity index is 1560. The first-order valence-corrected chi connectivity index (χ1v) is 27.1. The number of fused-ring (bicyclic) bond motifs is 4. The van der Waals surface area contributed by atoms with Crippen LogP contribution in [0.2, 0.25) is 0 Å². The topological polar surface area (TPSA) is 139 Å². The van der Waals surface area contributed by atoms with Gasteiger partial charge in [0, 0.05) is 31.1 Å². The fourth-order valence-corrected chi connectivity index (χ4v) is 8.78. The number of ether oxygens (including phenoxy) is 4. The zero-order valence-electron chi connectivity index (χ0n) is 45.9. The predicted octanol–water partition coefficient (Wildman–Crippen LogP) is 15.9. The summed E-state index contributed by atoms with van der Waals surface area (Å²) < 4.78 is 18.2. The Kier molecular flexibility index (Phi) is 42.0. The van der Waals surface area contributed by atoms with Crippen LogP contribution in [-0.4, -0.2) is 35.4 Å². The first kappa shape index (κ1) is 67.7. The number of hydrogen-bond acceptors (Lipinski definition) is 10. The van der Waals surface area contributed by atoms with E-state index < -0.39 is 0 Å². The smallest absolute Gasteiger partial charge is 0.313 e. The van der Waals surface area contributed by atoms with Gasteiger partial charge in [0.05, 0.1) is 42.8 Å². The number of carbonyl (C=O) groups is 6. The molecule has 2 saturated carbocycles. The van der Waals surface area contributed by atoms with E-state index in [2.05, 4.69) is 97.3 Å². The van der Waals surface area contributed by atoms with Gasteiger partial charge in [0.25, 0.3) is 0 Å². The van der Waals surface area contributed by atoms with Crippen LogP contribution in [0.3, 0.4) is 0 Å². The molecular weight excluding hydrogens is 881 g/mol. The summed E-state index contributed by atoms with van der Waals surface area (Å²) in [5.41, 5.74) is 0. The van der Waals surface area contributed by atoms with Crippen molar-refractivity contribution in [2.45, 2.75) is 210 Å². The molecule has 0 aromatic carbocycles. The van der Waals surface area contributed by atoms with E-state index in [4.69, 9.17) is 0 Å². The van der Waals surface area contributed by atoms with Crippen molar-refractivity contribution in [3.63, 3.8) is 0 Å². The fraction of sp³-hybridized carbons (Fsp3) is 0.700. The van der Waals surface area contributed by atoms with Gasteiger partial charge in [-0.2, -0.15) is 0 Å². The molecule has 2 fully saturated rings. The van der Waals surface area contributed by atoms with Crippen molar-refractivity contribution in [2.24, 2.45) is 59.2 Å². The van der Waals surface area contributed by atoms with Crippen molar-refractivity contribution in [3.05, 3.63) is 75.7 Å². The van der Waals surface area contributed by atoms with E-state index in [0.717, 1.165) is 108 Å². The van der Waals surface area contributed by atoms with Gasteiger partial charge >= 0.3 is 23.9 Å². The second kappa shape index (κ2) is 43.4. The van der Waals surface area contributed by atoms with Crippen LogP contribution in [-0.2, 0) is 47.7 Å². The minimum atomic E-state index is -0.201. The minimum absolute atomic E-state index is 0.00278. The SMILES string of the molecule is C=COC(=O)C(C)CC.C=COC(=O)C(C)CCC.C=COC(=O)C(C)CCCC.C=COC(=O)CCCC.CCCCC(C)CC(=O)C1CC2C=CC1C2.CCCCCCC(=O)C1CC2C=CC1C2. The number of hydrogen-bond donors (Lipinski definition) is 0. The maximum atomic E-state index is 12.2. The summed E-state index contributed by atoms with van der Waals surface area (Å²) in [6.07, 6.45) is 37.2. The molecule has 70 heavy (non-hydrogen) atoms. The zero-order valence-corrected chi connectivity index (χ0v) is 45.9. The van der Waals surface area contributed by atoms with E-state index in [0.29, 0.717) is 47.6 Å². The highest BCUT2D eigenvalue weighted by Gasteiger charge is 2.40. The van der Waals surface area contributed by atoms with E-state index in [1.165, 1.54) is 63.9 Å². The fourth-order valence-electron chi connectivity index (χ4n) is 8.78. The number of unbranched alkanes of at least 4 members (excludes halogenated alkanes) is 6. The highest BCUT2D eigenvalue weighted by atomic mass is 16.5. The van der Waals surface area contributed by atoms with Gasteiger partial charge in [-0.3, -0.25) is 28.8 Å². The minimum Gasteiger partial charge on any atom is -0.435 e. The molecule has 4 aliphatic rings. The molecule has 10 unspecified atom stereocenters. The maximum absolute atomic E-state index is 12.2. The van der Waals surface area contributed by atoms with Crippen molar-refractivity contribution in [1.82, 2.24) is 0 Å². The molecule has 0 radical (unpaired) electrons. The van der Waals surface area contributed by atoms with Gasteiger partial charge in [0.2, 0.25) is 0 Å². The van der Waals surface area contributed by atoms with Gasteiger partial charge in [-0.25, -0.2) is 0 Å². The highest BCUT2D eigenvalue weighted by molar-refractivity contribution is 5.83. The standard InChI is InChI=1S/C15H24O.C14H22O.C9H16O2.C8H14O2.2C7H12O2/c1-3-4-5-11(2)8-15(16)14-10-12-6-7-13(14)9-12;1-2-3-4-5-6-14(15)13-10-11-7-8-12(13)9-11;1-4-6-7-8(3)9(10)11-5-2;1-4-6-7(3)8(9)10-5-2;1-4-6(3)7(8)9-5-2;1-3-5-6-7(8)9-4-2/h6-7,11-14H,3-5,8-10H2,1-2H3;7-8,11-13H,2-6,9-10H2,1H3;5,8H,2,4,6-7H2,1,3H3;5,7H,2,4,6H2,1,3H3;5-6H,2,4H2,1,3H3;4H,2-3,5-6H2,1H3. The Morgan fingerprint density at radius 3 is 1.31 bits per heavy atom. The molecule has 10 atom stereocenters. The molecule has 4 aliphatic carbocycles. The first-order valence-electron chi connectivity index (χ1n) is 27.1. The van der Waals surface area contributed by atoms with Crippen molar-refractivity contribution in [3.8, 4) is 0 Å². The summed E-state index contributed by atoms with van der Waals surface area (Å²) in [5, 5.41) is 0. The average Bonchev–Trinajstić information content (AvgIpc) is 4.19. The molecule has 400 valence electrons. The van der Waals surface area contributed by atoms with E-state index in [9.17, 15) is 28.8 Å². The van der Waals surface area contributed by atoms with Crippen LogP contribution >= 0.6 is 0 Å². The number of Topliss-reactive ketones (excluding diaryl/α,β-unsaturated/α-hetero) is 2. The van der Waals surface area contributed by atoms with Crippen molar-refractivity contribution in [2.75, 3.05) is 0 Å².